The second-order valence-corrected chi connectivity index (χ2v) is 4.85. The fourth-order valence-corrected chi connectivity index (χ4v) is 2.09. The lowest BCUT2D eigenvalue weighted by atomic mass is 10.2. The smallest absolute Gasteiger partial charge is 0.191 e. The highest BCUT2D eigenvalue weighted by molar-refractivity contribution is 7.98. The van der Waals surface area contributed by atoms with E-state index in [2.05, 4.69) is 21.9 Å². The first-order chi connectivity index (χ1) is 7.86. The number of ether oxygens (including phenoxy) is 1. The third-order valence-corrected chi connectivity index (χ3v) is 3.26. The molecule has 1 fully saturated rings. The van der Waals surface area contributed by atoms with Crippen molar-refractivity contribution in [2.45, 2.75) is 25.4 Å². The lowest BCUT2D eigenvalue weighted by Crippen LogP contribution is -2.41. The van der Waals surface area contributed by atoms with Crippen molar-refractivity contribution in [3.63, 3.8) is 0 Å². The van der Waals surface area contributed by atoms with Crippen LogP contribution in [0.4, 0.5) is 0 Å². The Morgan fingerprint density at radius 3 is 3.00 bits per heavy atom. The second-order valence-electron chi connectivity index (χ2n) is 3.86. The van der Waals surface area contributed by atoms with Gasteiger partial charge in [-0.25, -0.2) is 0 Å². The van der Waals surface area contributed by atoms with Gasteiger partial charge in [0.15, 0.2) is 5.96 Å². The summed E-state index contributed by atoms with van der Waals surface area (Å²) in [6, 6.07) is 0. The van der Waals surface area contributed by atoms with Crippen LogP contribution >= 0.6 is 11.8 Å². The number of thioether (sulfide) groups is 1. The van der Waals surface area contributed by atoms with Crippen LogP contribution in [0.3, 0.4) is 0 Å². The van der Waals surface area contributed by atoms with Gasteiger partial charge in [-0.1, -0.05) is 0 Å². The number of aliphatic imine (C=N–C) groups is 1. The molecule has 0 saturated carbocycles. The predicted octanol–water partition coefficient (Wildman–Crippen LogP) is 1.08. The predicted molar refractivity (Wildman–Crippen MR) is 71.3 cm³/mol. The summed E-state index contributed by atoms with van der Waals surface area (Å²) in [5.41, 5.74) is 0. The number of nitrogens with one attached hydrogen (secondary N) is 2. The molecule has 1 heterocycles. The van der Waals surface area contributed by atoms with Crippen LogP contribution < -0.4 is 10.6 Å². The van der Waals surface area contributed by atoms with Crippen LogP contribution in [0, 0.1) is 0 Å². The van der Waals surface area contributed by atoms with Crippen molar-refractivity contribution in [1.29, 1.82) is 0 Å². The van der Waals surface area contributed by atoms with E-state index < -0.39 is 0 Å². The van der Waals surface area contributed by atoms with Crippen LogP contribution in [0.5, 0.6) is 0 Å². The number of hydrogen-bond donors (Lipinski definition) is 2. The molecule has 94 valence electrons. The van der Waals surface area contributed by atoms with Crippen LogP contribution in [0.2, 0.25) is 0 Å². The number of hydrogen-bond acceptors (Lipinski definition) is 3. The maximum Gasteiger partial charge on any atom is 0.191 e. The van der Waals surface area contributed by atoms with Gasteiger partial charge >= 0.3 is 0 Å². The fourth-order valence-electron chi connectivity index (χ4n) is 1.66. The summed E-state index contributed by atoms with van der Waals surface area (Å²) >= 11 is 1.87. The molecule has 5 heteroatoms. The van der Waals surface area contributed by atoms with Gasteiger partial charge in [0.2, 0.25) is 0 Å². The number of rotatable bonds is 6. The molecule has 0 spiro atoms. The van der Waals surface area contributed by atoms with Gasteiger partial charge < -0.3 is 15.4 Å². The van der Waals surface area contributed by atoms with Crippen molar-refractivity contribution in [2.24, 2.45) is 4.99 Å². The van der Waals surface area contributed by atoms with E-state index in [1.807, 2.05) is 11.8 Å². The van der Waals surface area contributed by atoms with E-state index in [-0.39, 0.29) is 0 Å². The molecular weight excluding hydrogens is 222 g/mol. The number of nitrogens with zero attached hydrogens (tertiary/aromatic N) is 1. The molecule has 1 aliphatic rings. The van der Waals surface area contributed by atoms with E-state index in [0.29, 0.717) is 6.10 Å². The quantitative estimate of drug-likeness (QED) is 0.418. The van der Waals surface area contributed by atoms with Gasteiger partial charge in [0.05, 0.1) is 6.10 Å². The Kier molecular flexibility index (Phi) is 7.42. The maximum atomic E-state index is 5.54. The van der Waals surface area contributed by atoms with E-state index >= 15 is 0 Å². The van der Waals surface area contributed by atoms with E-state index in [4.69, 9.17) is 4.74 Å². The highest BCUT2D eigenvalue weighted by Crippen LogP contribution is 2.10. The van der Waals surface area contributed by atoms with Gasteiger partial charge in [-0.05, 0) is 31.3 Å². The molecule has 0 aromatic carbocycles. The van der Waals surface area contributed by atoms with Crippen molar-refractivity contribution in [3.8, 4) is 0 Å². The highest BCUT2D eigenvalue weighted by Gasteiger charge is 2.15. The minimum Gasteiger partial charge on any atom is -0.376 e. The van der Waals surface area contributed by atoms with Crippen LogP contribution in [0.1, 0.15) is 19.3 Å². The number of guanidine groups is 1. The molecule has 16 heavy (non-hydrogen) atoms. The lowest BCUT2D eigenvalue weighted by molar-refractivity contribution is 0.114. The molecule has 2 N–H and O–H groups in total. The minimum atomic E-state index is 0.366. The first kappa shape index (κ1) is 13.6. The normalized spacial score (nSPS) is 21.1. The summed E-state index contributed by atoms with van der Waals surface area (Å²) in [5, 5.41) is 6.59. The van der Waals surface area contributed by atoms with Crippen molar-refractivity contribution >= 4 is 17.7 Å². The van der Waals surface area contributed by atoms with Gasteiger partial charge in [-0.2, -0.15) is 11.8 Å². The van der Waals surface area contributed by atoms with Crippen LogP contribution in [-0.2, 0) is 4.74 Å². The molecular formula is C11H23N3OS. The fraction of sp³-hybridized carbons (Fsp3) is 0.909. The lowest BCUT2D eigenvalue weighted by Gasteiger charge is -2.14. The van der Waals surface area contributed by atoms with Gasteiger partial charge in [-0.15, -0.1) is 0 Å². The zero-order valence-corrected chi connectivity index (χ0v) is 11.1. The maximum absolute atomic E-state index is 5.54. The van der Waals surface area contributed by atoms with Crippen molar-refractivity contribution in [3.05, 3.63) is 0 Å². The Labute approximate surface area is 103 Å². The molecule has 4 nitrogen and oxygen atoms in total. The van der Waals surface area contributed by atoms with E-state index in [1.54, 1.807) is 7.05 Å². The van der Waals surface area contributed by atoms with Crippen LogP contribution in [-0.4, -0.2) is 50.8 Å². The third kappa shape index (κ3) is 5.61. The largest absolute Gasteiger partial charge is 0.376 e. The Morgan fingerprint density at radius 2 is 2.38 bits per heavy atom. The first-order valence-corrected chi connectivity index (χ1v) is 7.31. The Hall–Kier alpha value is -0.420. The van der Waals surface area contributed by atoms with Gasteiger partial charge in [0, 0.05) is 26.7 Å². The molecule has 0 aliphatic carbocycles. The topological polar surface area (TPSA) is 45.7 Å². The zero-order valence-electron chi connectivity index (χ0n) is 10.3. The molecule has 0 amide bonds. The van der Waals surface area contributed by atoms with Crippen molar-refractivity contribution < 1.29 is 4.74 Å². The Bertz CT molecular complexity index is 205. The standard InChI is InChI=1S/C11H23N3OS/c1-12-11(13-6-4-8-16-2)14-9-10-5-3-7-15-10/h10H,3-9H2,1-2H3,(H2,12,13,14). The zero-order chi connectivity index (χ0) is 11.6. The molecule has 1 unspecified atom stereocenters. The Balaban J connectivity index is 2.06. The SMILES string of the molecule is CN=C(NCCCSC)NCC1CCCO1. The molecule has 1 saturated heterocycles. The van der Waals surface area contributed by atoms with E-state index in [9.17, 15) is 0 Å². The summed E-state index contributed by atoms with van der Waals surface area (Å²) in [6.07, 6.45) is 6.01. The molecule has 0 aromatic heterocycles. The summed E-state index contributed by atoms with van der Waals surface area (Å²) < 4.78 is 5.54. The van der Waals surface area contributed by atoms with E-state index in [1.165, 1.54) is 18.6 Å². The molecule has 0 bridgehead atoms. The molecule has 1 atom stereocenters. The first-order valence-electron chi connectivity index (χ1n) is 5.92. The molecule has 0 radical (unpaired) electrons. The minimum absolute atomic E-state index is 0.366. The average Bonchev–Trinajstić information content (AvgIpc) is 2.81. The summed E-state index contributed by atoms with van der Waals surface area (Å²) in [6.45, 7) is 2.75. The average molecular weight is 245 g/mol. The van der Waals surface area contributed by atoms with E-state index in [0.717, 1.165) is 32.1 Å². The molecule has 1 rings (SSSR count). The van der Waals surface area contributed by atoms with Crippen molar-refractivity contribution in [1.82, 2.24) is 10.6 Å². The highest BCUT2D eigenvalue weighted by atomic mass is 32.2. The van der Waals surface area contributed by atoms with Gasteiger partial charge in [-0.3, -0.25) is 4.99 Å². The second kappa shape index (κ2) is 8.70. The monoisotopic (exact) mass is 245 g/mol. The summed E-state index contributed by atoms with van der Waals surface area (Å²) in [7, 11) is 1.80. The van der Waals surface area contributed by atoms with Crippen molar-refractivity contribution in [2.75, 3.05) is 38.8 Å². The van der Waals surface area contributed by atoms with Gasteiger partial charge in [0.1, 0.15) is 0 Å². The Morgan fingerprint density at radius 1 is 1.50 bits per heavy atom. The van der Waals surface area contributed by atoms with Gasteiger partial charge in [0.25, 0.3) is 0 Å². The van der Waals surface area contributed by atoms with Crippen LogP contribution in [0.25, 0.3) is 0 Å². The summed E-state index contributed by atoms with van der Waals surface area (Å²) in [4.78, 5) is 4.18. The molecule has 1 aliphatic heterocycles. The van der Waals surface area contributed by atoms with Crippen LogP contribution in [0.15, 0.2) is 4.99 Å². The third-order valence-electron chi connectivity index (χ3n) is 2.56. The summed E-state index contributed by atoms with van der Waals surface area (Å²) in [5.74, 6) is 2.08. The molecule has 0 aromatic rings.